The number of nitrogens with zero attached hydrogens (tertiary/aromatic N) is 1. The zero-order valence-electron chi connectivity index (χ0n) is 11.0. The Hall–Kier alpha value is -1.22. The molecule has 0 bridgehead atoms. The predicted molar refractivity (Wildman–Crippen MR) is 76.9 cm³/mol. The van der Waals surface area contributed by atoms with Crippen LogP contribution in [-0.2, 0) is 4.79 Å². The maximum Gasteiger partial charge on any atom is 0.222 e. The predicted octanol–water partition coefficient (Wildman–Crippen LogP) is 3.07. The SMILES string of the molecule is CCC.NC(=O)C1CCN(c2ccc(Cl)cc2)C1. The van der Waals surface area contributed by atoms with E-state index in [1.54, 1.807) is 0 Å². The first-order chi connectivity index (χ1) is 8.58. The minimum atomic E-state index is -0.202. The normalized spacial score (nSPS) is 18.2. The third-order valence-electron chi connectivity index (χ3n) is 2.78. The van der Waals surface area contributed by atoms with Crippen molar-refractivity contribution >= 4 is 23.2 Å². The van der Waals surface area contributed by atoms with Gasteiger partial charge in [0.1, 0.15) is 0 Å². The van der Waals surface area contributed by atoms with Gasteiger partial charge in [0.15, 0.2) is 0 Å². The van der Waals surface area contributed by atoms with E-state index in [1.165, 1.54) is 6.42 Å². The second kappa shape index (κ2) is 7.27. The maximum absolute atomic E-state index is 11.0. The third kappa shape index (κ3) is 4.22. The van der Waals surface area contributed by atoms with E-state index in [4.69, 9.17) is 17.3 Å². The summed E-state index contributed by atoms with van der Waals surface area (Å²) in [5.74, 6) is -0.216. The Kier molecular flexibility index (Phi) is 5.99. The molecule has 1 aliphatic heterocycles. The van der Waals surface area contributed by atoms with Crippen LogP contribution in [0, 0.1) is 5.92 Å². The Bertz CT molecular complexity index is 378. The Morgan fingerprint density at radius 2 is 1.94 bits per heavy atom. The van der Waals surface area contributed by atoms with E-state index in [0.717, 1.165) is 30.2 Å². The highest BCUT2D eigenvalue weighted by molar-refractivity contribution is 6.30. The van der Waals surface area contributed by atoms with Crippen molar-refractivity contribution in [1.82, 2.24) is 0 Å². The molecule has 2 N–H and O–H groups in total. The highest BCUT2D eigenvalue weighted by atomic mass is 35.5. The molecule has 18 heavy (non-hydrogen) atoms. The summed E-state index contributed by atoms with van der Waals surface area (Å²) >= 11 is 5.80. The molecule has 0 aromatic heterocycles. The van der Waals surface area contributed by atoms with Gasteiger partial charge in [0.05, 0.1) is 5.92 Å². The number of halogens is 1. The second-order valence-electron chi connectivity index (χ2n) is 4.52. The molecule has 4 heteroatoms. The summed E-state index contributed by atoms with van der Waals surface area (Å²) in [6.45, 7) is 5.85. The van der Waals surface area contributed by atoms with Crippen molar-refractivity contribution < 1.29 is 4.79 Å². The van der Waals surface area contributed by atoms with Gasteiger partial charge in [-0.05, 0) is 30.7 Å². The smallest absolute Gasteiger partial charge is 0.222 e. The van der Waals surface area contributed by atoms with Crippen molar-refractivity contribution in [1.29, 1.82) is 0 Å². The molecule has 1 heterocycles. The van der Waals surface area contributed by atoms with Crippen LogP contribution in [-0.4, -0.2) is 19.0 Å². The van der Waals surface area contributed by atoms with Gasteiger partial charge in [0.2, 0.25) is 5.91 Å². The zero-order chi connectivity index (χ0) is 13.5. The second-order valence-corrected chi connectivity index (χ2v) is 4.95. The van der Waals surface area contributed by atoms with Crippen LogP contribution in [0.2, 0.25) is 5.02 Å². The van der Waals surface area contributed by atoms with Crippen LogP contribution in [0.3, 0.4) is 0 Å². The topological polar surface area (TPSA) is 46.3 Å². The van der Waals surface area contributed by atoms with Gasteiger partial charge < -0.3 is 10.6 Å². The summed E-state index contributed by atoms with van der Waals surface area (Å²) in [6.07, 6.45) is 2.10. The molecule has 1 aromatic rings. The van der Waals surface area contributed by atoms with Gasteiger partial charge in [-0.25, -0.2) is 0 Å². The fourth-order valence-corrected chi connectivity index (χ4v) is 2.00. The largest absolute Gasteiger partial charge is 0.371 e. The quantitative estimate of drug-likeness (QED) is 0.896. The van der Waals surface area contributed by atoms with E-state index in [2.05, 4.69) is 18.7 Å². The van der Waals surface area contributed by atoms with E-state index in [0.29, 0.717) is 0 Å². The van der Waals surface area contributed by atoms with Crippen molar-refractivity contribution in [2.75, 3.05) is 18.0 Å². The summed E-state index contributed by atoms with van der Waals surface area (Å²) in [7, 11) is 0. The number of anilines is 1. The minimum absolute atomic E-state index is 0.0133. The molecule has 0 aliphatic carbocycles. The molecule has 3 nitrogen and oxygen atoms in total. The average molecular weight is 269 g/mol. The number of carbonyl (C=O) groups is 1. The van der Waals surface area contributed by atoms with Crippen molar-refractivity contribution in [3.8, 4) is 0 Å². The Morgan fingerprint density at radius 1 is 1.39 bits per heavy atom. The van der Waals surface area contributed by atoms with Crippen LogP contribution in [0.15, 0.2) is 24.3 Å². The van der Waals surface area contributed by atoms with Crippen LogP contribution in [0.25, 0.3) is 0 Å². The molecule has 0 spiro atoms. The number of hydrogen-bond donors (Lipinski definition) is 1. The van der Waals surface area contributed by atoms with Crippen LogP contribution in [0.1, 0.15) is 26.7 Å². The summed E-state index contributed by atoms with van der Waals surface area (Å²) in [5, 5.41) is 0.726. The van der Waals surface area contributed by atoms with Crippen LogP contribution in [0.4, 0.5) is 5.69 Å². The van der Waals surface area contributed by atoms with E-state index >= 15 is 0 Å². The highest BCUT2D eigenvalue weighted by Crippen LogP contribution is 2.24. The van der Waals surface area contributed by atoms with E-state index in [-0.39, 0.29) is 11.8 Å². The molecule has 1 aromatic carbocycles. The maximum atomic E-state index is 11.0. The third-order valence-corrected chi connectivity index (χ3v) is 3.03. The number of nitrogens with two attached hydrogens (primary N) is 1. The molecule has 1 atom stereocenters. The number of amides is 1. The molecular formula is C14H21ClN2O. The fourth-order valence-electron chi connectivity index (χ4n) is 1.88. The summed E-state index contributed by atoms with van der Waals surface area (Å²) in [4.78, 5) is 13.2. The highest BCUT2D eigenvalue weighted by Gasteiger charge is 2.26. The van der Waals surface area contributed by atoms with Crippen LogP contribution < -0.4 is 10.6 Å². The molecule has 2 rings (SSSR count). The molecular weight excluding hydrogens is 248 g/mol. The van der Waals surface area contributed by atoms with Gasteiger partial charge in [-0.1, -0.05) is 31.9 Å². The standard InChI is InChI=1S/C11H13ClN2O.C3H8/c12-9-1-3-10(4-2-9)14-6-5-8(7-14)11(13)15;1-3-2/h1-4,8H,5-7H2,(H2,13,15);3H2,1-2H3. The number of rotatable bonds is 2. The lowest BCUT2D eigenvalue weighted by Gasteiger charge is -2.17. The van der Waals surface area contributed by atoms with Crippen LogP contribution in [0.5, 0.6) is 0 Å². The number of carbonyl (C=O) groups excluding carboxylic acids is 1. The zero-order valence-corrected chi connectivity index (χ0v) is 11.8. The fraction of sp³-hybridized carbons (Fsp3) is 0.500. The Morgan fingerprint density at radius 3 is 2.39 bits per heavy atom. The molecule has 1 fully saturated rings. The lowest BCUT2D eigenvalue weighted by atomic mass is 10.1. The van der Waals surface area contributed by atoms with Gasteiger partial charge in [-0.2, -0.15) is 0 Å². The van der Waals surface area contributed by atoms with Gasteiger partial charge in [-0.15, -0.1) is 0 Å². The summed E-state index contributed by atoms with van der Waals surface area (Å²) in [6, 6.07) is 7.64. The van der Waals surface area contributed by atoms with Gasteiger partial charge in [0.25, 0.3) is 0 Å². The van der Waals surface area contributed by atoms with E-state index < -0.39 is 0 Å². The van der Waals surface area contributed by atoms with Crippen molar-refractivity contribution in [3.05, 3.63) is 29.3 Å². The molecule has 1 unspecified atom stereocenters. The summed E-state index contributed by atoms with van der Waals surface area (Å²) in [5.41, 5.74) is 6.38. The number of primary amides is 1. The molecule has 1 aliphatic rings. The van der Waals surface area contributed by atoms with Gasteiger partial charge >= 0.3 is 0 Å². The Balaban J connectivity index is 0.000000492. The van der Waals surface area contributed by atoms with Gasteiger partial charge in [-0.3, -0.25) is 4.79 Å². The van der Waals surface area contributed by atoms with E-state index in [9.17, 15) is 4.79 Å². The molecule has 0 radical (unpaired) electrons. The van der Waals surface area contributed by atoms with Crippen molar-refractivity contribution in [2.45, 2.75) is 26.7 Å². The lowest BCUT2D eigenvalue weighted by molar-refractivity contribution is -0.121. The Labute approximate surface area is 114 Å². The minimum Gasteiger partial charge on any atom is -0.371 e. The molecule has 0 saturated carbocycles. The van der Waals surface area contributed by atoms with Crippen LogP contribution >= 0.6 is 11.6 Å². The van der Waals surface area contributed by atoms with E-state index in [1.807, 2.05) is 24.3 Å². The number of hydrogen-bond acceptors (Lipinski definition) is 2. The molecule has 100 valence electrons. The van der Waals surface area contributed by atoms with Crippen molar-refractivity contribution in [2.24, 2.45) is 11.7 Å². The number of benzene rings is 1. The molecule has 1 saturated heterocycles. The first kappa shape index (κ1) is 14.8. The molecule has 1 amide bonds. The van der Waals surface area contributed by atoms with Crippen molar-refractivity contribution in [3.63, 3.8) is 0 Å². The average Bonchev–Trinajstić information content (AvgIpc) is 2.80. The van der Waals surface area contributed by atoms with Gasteiger partial charge in [0, 0.05) is 23.8 Å². The first-order valence-corrected chi connectivity index (χ1v) is 6.76. The first-order valence-electron chi connectivity index (χ1n) is 6.38. The summed E-state index contributed by atoms with van der Waals surface area (Å²) < 4.78 is 0. The lowest BCUT2D eigenvalue weighted by Crippen LogP contribution is -2.27. The monoisotopic (exact) mass is 268 g/mol.